The van der Waals surface area contributed by atoms with Crippen LogP contribution < -0.4 is 16.0 Å². The number of benzene rings is 1. The Hall–Kier alpha value is -1.55. The lowest BCUT2D eigenvalue weighted by Crippen LogP contribution is -2.31. The quantitative estimate of drug-likeness (QED) is 0.340. The minimum absolute atomic E-state index is 0.207. The molecule has 4 nitrogen and oxygen atoms in total. The highest BCUT2D eigenvalue weighted by Crippen LogP contribution is 2.11. The van der Waals surface area contributed by atoms with E-state index in [1.165, 1.54) is 0 Å². The molecule has 0 aliphatic rings. The van der Waals surface area contributed by atoms with E-state index in [4.69, 9.17) is 10.6 Å². The van der Waals surface area contributed by atoms with Crippen LogP contribution in [0, 0.1) is 0 Å². The number of aliphatic imine (C=N–C) groups is 1. The maximum absolute atomic E-state index is 5.41. The van der Waals surface area contributed by atoms with Gasteiger partial charge in [0.05, 0.1) is 7.11 Å². The van der Waals surface area contributed by atoms with Gasteiger partial charge in [0, 0.05) is 11.6 Å². The topological polar surface area (TPSA) is 59.6 Å². The lowest BCUT2D eigenvalue weighted by molar-refractivity contribution is 0.415. The average Bonchev–Trinajstić information content (AvgIpc) is 2.26. The smallest absolute Gasteiger partial charge is 0.142 e. The van der Waals surface area contributed by atoms with Crippen molar-refractivity contribution in [2.45, 2.75) is 19.9 Å². The van der Waals surface area contributed by atoms with Gasteiger partial charge in [0.1, 0.15) is 11.6 Å². The Labute approximate surface area is 90.1 Å². The van der Waals surface area contributed by atoms with Gasteiger partial charge in [0.25, 0.3) is 0 Å². The van der Waals surface area contributed by atoms with Gasteiger partial charge in [-0.25, -0.2) is 5.84 Å². The molecule has 0 heterocycles. The van der Waals surface area contributed by atoms with Crippen molar-refractivity contribution in [1.29, 1.82) is 0 Å². The number of hydrogen-bond acceptors (Lipinski definition) is 3. The molecule has 0 radical (unpaired) electrons. The summed E-state index contributed by atoms with van der Waals surface area (Å²) in [6, 6.07) is 7.79. The molecule has 82 valence electrons. The molecule has 0 spiro atoms. The van der Waals surface area contributed by atoms with Crippen molar-refractivity contribution < 1.29 is 4.74 Å². The van der Waals surface area contributed by atoms with Crippen LogP contribution in [0.15, 0.2) is 29.3 Å². The van der Waals surface area contributed by atoms with Crippen molar-refractivity contribution in [2.75, 3.05) is 7.11 Å². The molecule has 0 fully saturated rings. The van der Waals surface area contributed by atoms with Crippen molar-refractivity contribution in [1.82, 2.24) is 5.43 Å². The standard InChI is InChI=1S/C11H17N3O/c1-8(2)13-11(14-12)9-4-6-10(15-3)7-5-9/h4-8H,12H2,1-3H3,(H,13,14). The summed E-state index contributed by atoms with van der Waals surface area (Å²) in [4.78, 5) is 4.36. The van der Waals surface area contributed by atoms with E-state index < -0.39 is 0 Å². The number of nitrogens with two attached hydrogens (primary N) is 1. The van der Waals surface area contributed by atoms with Crippen molar-refractivity contribution >= 4 is 5.84 Å². The third-order valence-electron chi connectivity index (χ3n) is 1.89. The van der Waals surface area contributed by atoms with Crippen LogP contribution in [0.1, 0.15) is 19.4 Å². The molecular weight excluding hydrogens is 190 g/mol. The van der Waals surface area contributed by atoms with Crippen LogP contribution in [0.4, 0.5) is 0 Å². The first-order valence-electron chi connectivity index (χ1n) is 4.86. The van der Waals surface area contributed by atoms with Crippen LogP contribution in [0.5, 0.6) is 5.75 Å². The maximum atomic E-state index is 5.41. The van der Waals surface area contributed by atoms with Crippen molar-refractivity contribution in [2.24, 2.45) is 10.8 Å². The summed E-state index contributed by atoms with van der Waals surface area (Å²) in [7, 11) is 1.64. The van der Waals surface area contributed by atoms with E-state index in [0.29, 0.717) is 5.84 Å². The number of hydrogen-bond donors (Lipinski definition) is 2. The fraction of sp³-hybridized carbons (Fsp3) is 0.364. The Balaban J connectivity index is 2.93. The van der Waals surface area contributed by atoms with Gasteiger partial charge in [0.2, 0.25) is 0 Å². The highest BCUT2D eigenvalue weighted by atomic mass is 16.5. The first-order chi connectivity index (χ1) is 7.17. The highest BCUT2D eigenvalue weighted by Gasteiger charge is 2.02. The van der Waals surface area contributed by atoms with Gasteiger partial charge in [-0.2, -0.15) is 0 Å². The summed E-state index contributed by atoms with van der Waals surface area (Å²) in [5.41, 5.74) is 3.55. The monoisotopic (exact) mass is 207 g/mol. The molecule has 15 heavy (non-hydrogen) atoms. The Morgan fingerprint density at radius 1 is 1.33 bits per heavy atom. The third-order valence-corrected chi connectivity index (χ3v) is 1.89. The van der Waals surface area contributed by atoms with Crippen LogP contribution in [0.2, 0.25) is 0 Å². The summed E-state index contributed by atoms with van der Waals surface area (Å²) in [5, 5.41) is 0. The largest absolute Gasteiger partial charge is 0.497 e. The van der Waals surface area contributed by atoms with E-state index in [1.807, 2.05) is 38.1 Å². The molecule has 0 atom stereocenters. The van der Waals surface area contributed by atoms with Crippen molar-refractivity contribution in [3.05, 3.63) is 29.8 Å². The summed E-state index contributed by atoms with van der Waals surface area (Å²) in [5.74, 6) is 6.92. The number of amidine groups is 1. The second-order valence-electron chi connectivity index (χ2n) is 3.44. The molecule has 0 unspecified atom stereocenters. The van der Waals surface area contributed by atoms with Gasteiger partial charge < -0.3 is 10.2 Å². The van der Waals surface area contributed by atoms with E-state index in [0.717, 1.165) is 11.3 Å². The molecular formula is C11H17N3O. The number of nitrogens with one attached hydrogen (secondary N) is 1. The lowest BCUT2D eigenvalue weighted by Gasteiger charge is -2.08. The van der Waals surface area contributed by atoms with E-state index in [1.54, 1.807) is 7.11 Å². The van der Waals surface area contributed by atoms with Crippen LogP contribution in [0.3, 0.4) is 0 Å². The zero-order chi connectivity index (χ0) is 11.3. The molecule has 0 saturated heterocycles. The zero-order valence-electron chi connectivity index (χ0n) is 9.32. The van der Waals surface area contributed by atoms with E-state index >= 15 is 0 Å². The molecule has 0 aromatic heterocycles. The molecule has 0 aliphatic carbocycles. The maximum Gasteiger partial charge on any atom is 0.142 e. The predicted octanol–water partition coefficient (Wildman–Crippen LogP) is 1.31. The Morgan fingerprint density at radius 2 is 1.93 bits per heavy atom. The van der Waals surface area contributed by atoms with Crippen LogP contribution in [0.25, 0.3) is 0 Å². The molecule has 0 saturated carbocycles. The summed E-state index contributed by atoms with van der Waals surface area (Å²) >= 11 is 0. The summed E-state index contributed by atoms with van der Waals surface area (Å²) < 4.78 is 5.07. The lowest BCUT2D eigenvalue weighted by atomic mass is 10.2. The average molecular weight is 207 g/mol. The third kappa shape index (κ3) is 3.25. The Morgan fingerprint density at radius 3 is 2.33 bits per heavy atom. The first kappa shape index (κ1) is 11.5. The second-order valence-corrected chi connectivity index (χ2v) is 3.44. The zero-order valence-corrected chi connectivity index (χ0v) is 9.32. The molecule has 1 aromatic carbocycles. The van der Waals surface area contributed by atoms with Gasteiger partial charge in [0.15, 0.2) is 0 Å². The molecule has 1 rings (SSSR count). The van der Waals surface area contributed by atoms with Crippen LogP contribution in [-0.4, -0.2) is 19.0 Å². The fourth-order valence-corrected chi connectivity index (χ4v) is 1.20. The molecule has 0 amide bonds. The number of rotatable bonds is 3. The Bertz CT molecular complexity index is 330. The van der Waals surface area contributed by atoms with Gasteiger partial charge in [-0.1, -0.05) is 0 Å². The number of hydrazine groups is 1. The predicted molar refractivity (Wildman–Crippen MR) is 62.0 cm³/mol. The first-order valence-corrected chi connectivity index (χ1v) is 4.86. The molecule has 1 aromatic rings. The molecule has 3 N–H and O–H groups in total. The van der Waals surface area contributed by atoms with E-state index in [9.17, 15) is 0 Å². The summed E-state index contributed by atoms with van der Waals surface area (Å²) in [6.45, 7) is 4.00. The molecule has 4 heteroatoms. The van der Waals surface area contributed by atoms with Crippen LogP contribution in [-0.2, 0) is 0 Å². The van der Waals surface area contributed by atoms with Gasteiger partial charge >= 0.3 is 0 Å². The SMILES string of the molecule is COc1ccc(C(=NC(C)C)NN)cc1. The number of nitrogens with zero attached hydrogens (tertiary/aromatic N) is 1. The number of ether oxygens (including phenoxy) is 1. The summed E-state index contributed by atoms with van der Waals surface area (Å²) in [6.07, 6.45) is 0. The minimum Gasteiger partial charge on any atom is -0.497 e. The normalized spacial score (nSPS) is 11.7. The van der Waals surface area contributed by atoms with E-state index in [2.05, 4.69) is 10.4 Å². The van der Waals surface area contributed by atoms with Crippen molar-refractivity contribution in [3.8, 4) is 5.75 Å². The Kier molecular flexibility index (Phi) is 4.12. The van der Waals surface area contributed by atoms with Gasteiger partial charge in [-0.15, -0.1) is 0 Å². The van der Waals surface area contributed by atoms with Crippen molar-refractivity contribution in [3.63, 3.8) is 0 Å². The molecule has 0 aliphatic heterocycles. The highest BCUT2D eigenvalue weighted by molar-refractivity contribution is 5.98. The van der Waals surface area contributed by atoms with Crippen LogP contribution >= 0.6 is 0 Å². The van der Waals surface area contributed by atoms with Gasteiger partial charge in [-0.3, -0.25) is 4.99 Å². The number of methoxy groups -OCH3 is 1. The molecule has 0 bridgehead atoms. The van der Waals surface area contributed by atoms with E-state index in [-0.39, 0.29) is 6.04 Å². The fourth-order valence-electron chi connectivity index (χ4n) is 1.20. The minimum atomic E-state index is 0.207. The van der Waals surface area contributed by atoms with Gasteiger partial charge in [-0.05, 0) is 38.1 Å². The second kappa shape index (κ2) is 5.36.